The normalized spacial score (nSPS) is 15.7. The molecule has 4 rings (SSSR count). The van der Waals surface area contributed by atoms with Gasteiger partial charge in [0.1, 0.15) is 5.75 Å². The molecule has 117 valence electrons. The van der Waals surface area contributed by atoms with E-state index in [2.05, 4.69) is 41.3 Å². The van der Waals surface area contributed by atoms with Crippen LogP contribution in [0.2, 0.25) is 0 Å². The monoisotopic (exact) mass is 305 g/mol. The number of aromatic amines is 1. The van der Waals surface area contributed by atoms with E-state index in [1.54, 1.807) is 0 Å². The second-order valence-electron chi connectivity index (χ2n) is 6.30. The zero-order valence-electron chi connectivity index (χ0n) is 13.2. The van der Waals surface area contributed by atoms with E-state index < -0.39 is 0 Å². The molecular weight excluding hydrogens is 284 g/mol. The number of hydrogen-bond donors (Lipinski definition) is 1. The predicted octanol–water partition coefficient (Wildman–Crippen LogP) is 4.71. The van der Waals surface area contributed by atoms with Gasteiger partial charge in [0.2, 0.25) is 0 Å². The zero-order chi connectivity index (χ0) is 15.6. The Morgan fingerprint density at radius 3 is 2.91 bits per heavy atom. The molecule has 3 aromatic rings. The first-order valence-corrected chi connectivity index (χ1v) is 8.28. The van der Waals surface area contributed by atoms with E-state index in [4.69, 9.17) is 4.74 Å². The summed E-state index contributed by atoms with van der Waals surface area (Å²) in [7, 11) is 0. The third-order valence-electron chi connectivity index (χ3n) is 4.62. The quantitative estimate of drug-likeness (QED) is 0.716. The number of aromatic nitrogens is 2. The molecule has 0 saturated heterocycles. The molecule has 0 amide bonds. The van der Waals surface area contributed by atoms with Gasteiger partial charge in [-0.15, -0.1) is 0 Å². The molecule has 1 aliphatic carbocycles. The van der Waals surface area contributed by atoms with Crippen molar-refractivity contribution in [3.05, 3.63) is 67.0 Å². The van der Waals surface area contributed by atoms with E-state index in [-0.39, 0.29) is 5.92 Å². The maximum atomic E-state index is 6.12. The molecule has 23 heavy (non-hydrogen) atoms. The highest BCUT2D eigenvalue weighted by Crippen LogP contribution is 2.38. The molecule has 1 N–H and O–H groups in total. The van der Waals surface area contributed by atoms with Crippen molar-refractivity contribution in [2.75, 3.05) is 6.61 Å². The Morgan fingerprint density at radius 1 is 1.26 bits per heavy atom. The molecule has 3 nitrogen and oxygen atoms in total. The summed E-state index contributed by atoms with van der Waals surface area (Å²) in [5.41, 5.74) is 3.56. The molecule has 1 radical (unpaired) electrons. The lowest BCUT2D eigenvalue weighted by atomic mass is 9.90. The number of ether oxygens (including phenoxy) is 1. The number of H-pyrrole nitrogens is 1. The fraction of sp³-hybridized carbons (Fsp3) is 0.300. The van der Waals surface area contributed by atoms with Crippen LogP contribution in [-0.4, -0.2) is 16.6 Å². The number of nitrogens with one attached hydrogen (secondary N) is 1. The van der Waals surface area contributed by atoms with E-state index in [0.717, 1.165) is 30.2 Å². The van der Waals surface area contributed by atoms with Crippen molar-refractivity contribution in [3.8, 4) is 5.75 Å². The molecular formula is C20H21N2O. The number of hydrogen-bond acceptors (Lipinski definition) is 2. The average Bonchev–Trinajstić information content (AvgIpc) is 3.34. The fourth-order valence-electron chi connectivity index (χ4n) is 3.15. The number of benzene rings is 1. The Hall–Kier alpha value is -2.29. The lowest BCUT2D eigenvalue weighted by molar-refractivity contribution is 0.303. The third kappa shape index (κ3) is 2.83. The van der Waals surface area contributed by atoms with E-state index in [1.807, 2.05) is 24.5 Å². The summed E-state index contributed by atoms with van der Waals surface area (Å²) < 4.78 is 6.12. The van der Waals surface area contributed by atoms with Gasteiger partial charge in [-0.25, -0.2) is 0 Å². The van der Waals surface area contributed by atoms with Crippen LogP contribution in [0.25, 0.3) is 10.9 Å². The second-order valence-corrected chi connectivity index (χ2v) is 6.30. The molecule has 1 aromatic carbocycles. The lowest BCUT2D eigenvalue weighted by Gasteiger charge is -2.16. The van der Waals surface area contributed by atoms with E-state index in [0.29, 0.717) is 0 Å². The Kier molecular flexibility index (Phi) is 3.78. The van der Waals surface area contributed by atoms with Crippen molar-refractivity contribution in [3.63, 3.8) is 0 Å². The van der Waals surface area contributed by atoms with Crippen molar-refractivity contribution in [1.82, 2.24) is 9.97 Å². The van der Waals surface area contributed by atoms with E-state index in [1.165, 1.54) is 29.4 Å². The molecule has 1 aliphatic rings. The minimum atomic E-state index is 0.225. The van der Waals surface area contributed by atoms with E-state index in [9.17, 15) is 0 Å². The standard InChI is InChI=1S/C20H21N2O/c1-2-16(15-5-4-10-21-11-15)17-12-22-18-6-3-7-19(20(17)18)23-13-14-8-9-14/h3-7,10-12,14,16,22H,1-2,8-9,13H2. The molecule has 0 aliphatic heterocycles. The molecule has 2 aromatic heterocycles. The SMILES string of the molecule is [CH2]CC(c1cccnc1)c1c[nH]c2cccc(OCC3CC3)c12. The van der Waals surface area contributed by atoms with Gasteiger partial charge in [-0.2, -0.15) is 0 Å². The minimum Gasteiger partial charge on any atom is -0.493 e. The first-order valence-electron chi connectivity index (χ1n) is 8.28. The summed E-state index contributed by atoms with van der Waals surface area (Å²) in [6.45, 7) is 4.98. The summed E-state index contributed by atoms with van der Waals surface area (Å²) >= 11 is 0. The van der Waals surface area contributed by atoms with Crippen molar-refractivity contribution in [2.24, 2.45) is 5.92 Å². The van der Waals surface area contributed by atoms with Crippen LogP contribution in [0.4, 0.5) is 0 Å². The predicted molar refractivity (Wildman–Crippen MR) is 92.6 cm³/mol. The van der Waals surface area contributed by atoms with Gasteiger partial charge in [0.25, 0.3) is 0 Å². The Morgan fingerprint density at radius 2 is 2.17 bits per heavy atom. The van der Waals surface area contributed by atoms with Gasteiger partial charge < -0.3 is 9.72 Å². The molecule has 1 saturated carbocycles. The maximum absolute atomic E-state index is 6.12. The minimum absolute atomic E-state index is 0.225. The summed E-state index contributed by atoms with van der Waals surface area (Å²) in [4.78, 5) is 7.65. The van der Waals surface area contributed by atoms with Crippen LogP contribution in [0.5, 0.6) is 5.75 Å². The number of rotatable bonds is 6. The van der Waals surface area contributed by atoms with Crippen LogP contribution in [0, 0.1) is 12.8 Å². The molecule has 1 atom stereocenters. The number of fused-ring (bicyclic) bond motifs is 1. The molecule has 1 unspecified atom stereocenters. The van der Waals surface area contributed by atoms with Crippen LogP contribution < -0.4 is 4.74 Å². The van der Waals surface area contributed by atoms with Gasteiger partial charge >= 0.3 is 0 Å². The fourth-order valence-corrected chi connectivity index (χ4v) is 3.15. The van der Waals surface area contributed by atoms with Gasteiger partial charge in [-0.05, 0) is 54.5 Å². The molecule has 2 heterocycles. The Labute approximate surface area is 136 Å². The van der Waals surface area contributed by atoms with Crippen molar-refractivity contribution < 1.29 is 4.74 Å². The molecule has 0 spiro atoms. The van der Waals surface area contributed by atoms with Crippen LogP contribution in [-0.2, 0) is 0 Å². The van der Waals surface area contributed by atoms with Gasteiger partial charge in [-0.3, -0.25) is 4.98 Å². The van der Waals surface area contributed by atoms with Crippen LogP contribution in [0.3, 0.4) is 0 Å². The second kappa shape index (κ2) is 6.07. The van der Waals surface area contributed by atoms with Crippen molar-refractivity contribution in [2.45, 2.75) is 25.2 Å². The number of pyridine rings is 1. The average molecular weight is 305 g/mol. The van der Waals surface area contributed by atoms with Gasteiger partial charge in [-0.1, -0.05) is 19.1 Å². The topological polar surface area (TPSA) is 37.9 Å². The van der Waals surface area contributed by atoms with E-state index >= 15 is 0 Å². The Bertz CT molecular complexity index is 790. The molecule has 0 bridgehead atoms. The third-order valence-corrected chi connectivity index (χ3v) is 4.62. The maximum Gasteiger partial charge on any atom is 0.128 e. The summed E-state index contributed by atoms with van der Waals surface area (Å²) in [6, 6.07) is 10.3. The van der Waals surface area contributed by atoms with Gasteiger partial charge in [0.15, 0.2) is 0 Å². The summed E-state index contributed by atoms with van der Waals surface area (Å²) in [5, 5.41) is 1.19. The number of nitrogens with zero attached hydrogens (tertiary/aromatic N) is 1. The highest BCUT2D eigenvalue weighted by Gasteiger charge is 2.23. The van der Waals surface area contributed by atoms with Crippen molar-refractivity contribution in [1.29, 1.82) is 0 Å². The smallest absolute Gasteiger partial charge is 0.128 e. The van der Waals surface area contributed by atoms with Crippen LogP contribution in [0.1, 0.15) is 36.3 Å². The zero-order valence-corrected chi connectivity index (χ0v) is 13.2. The van der Waals surface area contributed by atoms with Crippen molar-refractivity contribution >= 4 is 10.9 Å². The highest BCUT2D eigenvalue weighted by atomic mass is 16.5. The highest BCUT2D eigenvalue weighted by molar-refractivity contribution is 5.90. The van der Waals surface area contributed by atoms with Gasteiger partial charge in [0, 0.05) is 35.4 Å². The summed E-state index contributed by atoms with van der Waals surface area (Å²) in [6.07, 6.45) is 9.22. The first kappa shape index (κ1) is 14.3. The first-order chi connectivity index (χ1) is 11.4. The Balaban J connectivity index is 1.76. The lowest BCUT2D eigenvalue weighted by Crippen LogP contribution is -2.02. The van der Waals surface area contributed by atoms with Crippen LogP contribution in [0.15, 0.2) is 48.9 Å². The molecule has 1 fully saturated rings. The molecule has 3 heteroatoms. The largest absolute Gasteiger partial charge is 0.493 e. The van der Waals surface area contributed by atoms with Gasteiger partial charge in [0.05, 0.1) is 6.61 Å². The summed E-state index contributed by atoms with van der Waals surface area (Å²) in [5.74, 6) is 1.95. The van der Waals surface area contributed by atoms with Crippen LogP contribution >= 0.6 is 0 Å².